The van der Waals surface area contributed by atoms with Crippen LogP contribution in [0.15, 0.2) is 29.4 Å². The van der Waals surface area contributed by atoms with Crippen molar-refractivity contribution in [1.29, 1.82) is 0 Å². The maximum atomic E-state index is 12.2. The minimum atomic E-state index is -0.648. The predicted octanol–water partition coefficient (Wildman–Crippen LogP) is 4.82. The number of rotatable bonds is 4. The van der Waals surface area contributed by atoms with Crippen molar-refractivity contribution in [3.63, 3.8) is 0 Å². The summed E-state index contributed by atoms with van der Waals surface area (Å²) in [4.78, 5) is 16.1. The van der Waals surface area contributed by atoms with Crippen LogP contribution in [0, 0.1) is 0 Å². The molecular weight excluding hydrogens is 394 g/mol. The highest BCUT2D eigenvalue weighted by molar-refractivity contribution is 6.46. The van der Waals surface area contributed by atoms with E-state index < -0.39 is 5.91 Å². The van der Waals surface area contributed by atoms with Crippen molar-refractivity contribution < 1.29 is 4.79 Å². The van der Waals surface area contributed by atoms with Crippen LogP contribution in [-0.2, 0) is 0 Å². The third-order valence-electron chi connectivity index (χ3n) is 3.09. The second-order valence-corrected chi connectivity index (χ2v) is 6.20. The minimum Gasteiger partial charge on any atom is -0.396 e. The number of halogens is 4. The summed E-state index contributed by atoms with van der Waals surface area (Å²) in [6.07, 6.45) is 0.590. The van der Waals surface area contributed by atoms with E-state index in [4.69, 9.17) is 52.1 Å². The molecule has 0 aliphatic carbocycles. The van der Waals surface area contributed by atoms with Gasteiger partial charge in [0.05, 0.1) is 16.4 Å². The number of aromatic nitrogens is 1. The lowest BCUT2D eigenvalue weighted by molar-refractivity contribution is 0.0950. The first kappa shape index (κ1) is 18.8. The molecule has 1 aromatic carbocycles. The zero-order valence-corrected chi connectivity index (χ0v) is 15.4. The van der Waals surface area contributed by atoms with Crippen LogP contribution >= 0.6 is 46.4 Å². The number of pyridine rings is 1. The van der Waals surface area contributed by atoms with Crippen molar-refractivity contribution in [1.82, 2.24) is 10.4 Å². The fourth-order valence-electron chi connectivity index (χ4n) is 1.84. The molecule has 0 saturated carbocycles. The average molecular weight is 406 g/mol. The van der Waals surface area contributed by atoms with E-state index in [9.17, 15) is 4.79 Å². The predicted molar refractivity (Wildman–Crippen MR) is 99.4 cm³/mol. The van der Waals surface area contributed by atoms with Crippen molar-refractivity contribution in [3.05, 3.63) is 55.7 Å². The van der Waals surface area contributed by atoms with Crippen LogP contribution in [0.5, 0.6) is 0 Å². The van der Waals surface area contributed by atoms with E-state index in [1.54, 1.807) is 24.3 Å². The lowest BCUT2D eigenvalue weighted by Crippen LogP contribution is -2.22. The Hall–Kier alpha value is -1.53. The Balaban J connectivity index is 2.27. The molecular formula is C15H12Cl4N4O. The molecule has 5 nitrogen and oxygen atoms in total. The molecule has 24 heavy (non-hydrogen) atoms. The number of hydrogen-bond acceptors (Lipinski definition) is 4. The number of anilines is 1. The summed E-state index contributed by atoms with van der Waals surface area (Å²) in [5.74, 6) is -0.648. The standard InChI is InChI=1S/C15H12Cl4N4O/c1-2-9(7-3-5-8(16)6-4-7)22-23-15(24)13-10(17)12(20)11(18)14(19)21-13/h3-6H,2H2,1H3,(H2,20,21)(H,23,24)/b22-9-. The van der Waals surface area contributed by atoms with Gasteiger partial charge in [0, 0.05) is 5.02 Å². The van der Waals surface area contributed by atoms with E-state index in [1.165, 1.54) is 0 Å². The Labute approximate surface area is 158 Å². The highest BCUT2D eigenvalue weighted by atomic mass is 35.5. The first-order valence-corrected chi connectivity index (χ1v) is 8.29. The summed E-state index contributed by atoms with van der Waals surface area (Å²) in [6, 6.07) is 7.09. The zero-order valence-electron chi connectivity index (χ0n) is 12.4. The van der Waals surface area contributed by atoms with Gasteiger partial charge in [-0.05, 0) is 24.1 Å². The summed E-state index contributed by atoms with van der Waals surface area (Å²) in [5, 5.41) is 4.52. The minimum absolute atomic E-state index is 0.00266. The molecule has 126 valence electrons. The van der Waals surface area contributed by atoms with Gasteiger partial charge in [0.1, 0.15) is 5.02 Å². The van der Waals surface area contributed by atoms with Crippen LogP contribution in [0.3, 0.4) is 0 Å². The molecule has 0 spiro atoms. The number of hydrazone groups is 1. The van der Waals surface area contributed by atoms with Gasteiger partial charge in [0.15, 0.2) is 10.8 Å². The third kappa shape index (κ3) is 4.11. The first-order chi connectivity index (χ1) is 11.3. The number of hydrogen-bond donors (Lipinski definition) is 2. The molecule has 9 heteroatoms. The van der Waals surface area contributed by atoms with E-state index >= 15 is 0 Å². The lowest BCUT2D eigenvalue weighted by atomic mass is 10.1. The summed E-state index contributed by atoms with van der Waals surface area (Å²) in [6.45, 7) is 1.90. The molecule has 1 heterocycles. The summed E-state index contributed by atoms with van der Waals surface area (Å²) >= 11 is 23.5. The second-order valence-electron chi connectivity index (χ2n) is 4.65. The molecule has 0 radical (unpaired) electrons. The molecule has 0 aliphatic rings. The van der Waals surface area contributed by atoms with E-state index in [1.807, 2.05) is 6.92 Å². The van der Waals surface area contributed by atoms with Gasteiger partial charge in [-0.2, -0.15) is 5.10 Å². The average Bonchev–Trinajstić information content (AvgIpc) is 2.58. The van der Waals surface area contributed by atoms with Crippen molar-refractivity contribution in [2.24, 2.45) is 5.10 Å². The molecule has 0 atom stereocenters. The highest BCUT2D eigenvalue weighted by Gasteiger charge is 2.19. The Kier molecular flexibility index (Phi) is 6.29. The van der Waals surface area contributed by atoms with Crippen molar-refractivity contribution in [2.75, 3.05) is 5.73 Å². The monoisotopic (exact) mass is 404 g/mol. The molecule has 2 aromatic rings. The lowest BCUT2D eigenvalue weighted by Gasteiger charge is -2.09. The molecule has 1 amide bonds. The normalized spacial score (nSPS) is 11.5. The molecule has 2 rings (SSSR count). The molecule has 0 saturated heterocycles. The van der Waals surface area contributed by atoms with E-state index in [2.05, 4.69) is 15.5 Å². The molecule has 0 unspecified atom stereocenters. The molecule has 0 bridgehead atoms. The van der Waals surface area contributed by atoms with Gasteiger partial charge in [-0.3, -0.25) is 4.79 Å². The fourth-order valence-corrected chi connectivity index (χ4v) is 2.56. The fraction of sp³-hybridized carbons (Fsp3) is 0.133. The number of amides is 1. The summed E-state index contributed by atoms with van der Waals surface area (Å²) in [7, 11) is 0. The molecule has 3 N–H and O–H groups in total. The van der Waals surface area contributed by atoms with Crippen LogP contribution in [-0.4, -0.2) is 16.6 Å². The number of benzene rings is 1. The zero-order chi connectivity index (χ0) is 17.9. The van der Waals surface area contributed by atoms with Gasteiger partial charge >= 0.3 is 0 Å². The summed E-state index contributed by atoms with van der Waals surface area (Å²) < 4.78 is 0. The molecule has 0 fully saturated rings. The van der Waals surface area contributed by atoms with Gasteiger partial charge in [0.25, 0.3) is 5.91 Å². The first-order valence-electron chi connectivity index (χ1n) is 6.78. The Bertz CT molecular complexity index is 806. The Morgan fingerprint density at radius 3 is 2.38 bits per heavy atom. The topological polar surface area (TPSA) is 80.4 Å². The number of carbonyl (C=O) groups is 1. The van der Waals surface area contributed by atoms with Gasteiger partial charge in [0.2, 0.25) is 0 Å². The number of nitrogen functional groups attached to an aromatic ring is 1. The van der Waals surface area contributed by atoms with Crippen LogP contribution in [0.2, 0.25) is 20.2 Å². The second kappa shape index (κ2) is 8.03. The Morgan fingerprint density at radius 1 is 1.17 bits per heavy atom. The maximum Gasteiger partial charge on any atom is 0.291 e. The van der Waals surface area contributed by atoms with Crippen molar-refractivity contribution in [2.45, 2.75) is 13.3 Å². The van der Waals surface area contributed by atoms with Crippen LogP contribution < -0.4 is 11.2 Å². The van der Waals surface area contributed by atoms with Crippen LogP contribution in [0.4, 0.5) is 5.69 Å². The smallest absolute Gasteiger partial charge is 0.291 e. The van der Waals surface area contributed by atoms with Gasteiger partial charge < -0.3 is 5.73 Å². The number of carbonyl (C=O) groups excluding carboxylic acids is 1. The van der Waals surface area contributed by atoms with E-state index in [-0.39, 0.29) is 26.6 Å². The van der Waals surface area contributed by atoms with E-state index in [0.717, 1.165) is 5.56 Å². The third-order valence-corrected chi connectivity index (χ3v) is 4.48. The van der Waals surface area contributed by atoms with E-state index in [0.29, 0.717) is 17.2 Å². The molecule has 1 aromatic heterocycles. The molecule has 0 aliphatic heterocycles. The maximum absolute atomic E-state index is 12.2. The van der Waals surface area contributed by atoms with Crippen LogP contribution in [0.25, 0.3) is 0 Å². The van der Waals surface area contributed by atoms with Crippen LogP contribution in [0.1, 0.15) is 29.4 Å². The van der Waals surface area contributed by atoms with Gasteiger partial charge in [-0.15, -0.1) is 0 Å². The van der Waals surface area contributed by atoms with Crippen molar-refractivity contribution in [3.8, 4) is 0 Å². The highest BCUT2D eigenvalue weighted by Crippen LogP contribution is 2.34. The van der Waals surface area contributed by atoms with Gasteiger partial charge in [-0.1, -0.05) is 65.5 Å². The SMILES string of the molecule is CC/C(=N/NC(=O)c1nc(Cl)c(Cl)c(N)c1Cl)c1ccc(Cl)cc1. The summed E-state index contributed by atoms with van der Waals surface area (Å²) in [5.41, 5.74) is 9.40. The van der Waals surface area contributed by atoms with Gasteiger partial charge in [-0.25, -0.2) is 10.4 Å². The number of nitrogens with two attached hydrogens (primary N) is 1. The quantitative estimate of drug-likeness (QED) is 0.434. The van der Waals surface area contributed by atoms with Crippen molar-refractivity contribution >= 4 is 63.7 Å². The largest absolute Gasteiger partial charge is 0.396 e. The Morgan fingerprint density at radius 2 is 1.79 bits per heavy atom. The number of nitrogens with one attached hydrogen (secondary N) is 1. The number of nitrogens with zero attached hydrogens (tertiary/aromatic N) is 2.